The van der Waals surface area contributed by atoms with Gasteiger partial charge in [0.05, 0.1) is 16.3 Å². The van der Waals surface area contributed by atoms with Crippen molar-refractivity contribution in [1.29, 1.82) is 0 Å². The smallest absolute Gasteiger partial charge is 0.277 e. The standard InChI is InChI=1S/C21H19ClFN3O/c22-18-10-14(9-16-17(18)12-24-21(16)27)13-1-4-20(19(23)11-13)26-7-5-25(6-8-26)15-2-3-15/h1,4,9-12,15H,2-3,5-8H2. The molecule has 2 aromatic rings. The molecule has 3 aliphatic rings. The molecule has 5 rings (SSSR count). The second-order valence-electron chi connectivity index (χ2n) is 7.40. The lowest BCUT2D eigenvalue weighted by Crippen LogP contribution is -2.47. The Balaban J connectivity index is 1.40. The summed E-state index contributed by atoms with van der Waals surface area (Å²) in [6.07, 6.45) is 4.09. The summed E-state index contributed by atoms with van der Waals surface area (Å²) in [5, 5.41) is 0.456. The number of amides is 1. The van der Waals surface area contributed by atoms with Crippen LogP contribution < -0.4 is 4.90 Å². The van der Waals surface area contributed by atoms with E-state index >= 15 is 0 Å². The summed E-state index contributed by atoms with van der Waals surface area (Å²) in [6.45, 7) is 3.69. The summed E-state index contributed by atoms with van der Waals surface area (Å²) in [4.78, 5) is 20.3. The number of carbonyl (C=O) groups is 1. The molecule has 27 heavy (non-hydrogen) atoms. The van der Waals surface area contributed by atoms with Crippen molar-refractivity contribution in [3.63, 3.8) is 0 Å². The van der Waals surface area contributed by atoms with Crippen molar-refractivity contribution in [3.8, 4) is 11.1 Å². The molecule has 0 radical (unpaired) electrons. The van der Waals surface area contributed by atoms with E-state index < -0.39 is 0 Å². The maximum absolute atomic E-state index is 14.9. The first-order valence-corrected chi connectivity index (χ1v) is 9.69. The van der Waals surface area contributed by atoms with Crippen LogP contribution in [0, 0.1) is 5.82 Å². The summed E-state index contributed by atoms with van der Waals surface area (Å²) in [7, 11) is 0. The Labute approximate surface area is 162 Å². The van der Waals surface area contributed by atoms with Gasteiger partial charge < -0.3 is 4.90 Å². The van der Waals surface area contributed by atoms with E-state index in [0.29, 0.717) is 27.4 Å². The van der Waals surface area contributed by atoms with E-state index in [-0.39, 0.29) is 11.7 Å². The third-order valence-electron chi connectivity index (χ3n) is 5.67. The molecule has 2 fully saturated rings. The quantitative estimate of drug-likeness (QED) is 0.803. The summed E-state index contributed by atoms with van der Waals surface area (Å²) in [5.74, 6) is -0.550. The molecule has 138 valence electrons. The van der Waals surface area contributed by atoms with Crippen molar-refractivity contribution >= 4 is 29.4 Å². The van der Waals surface area contributed by atoms with Gasteiger partial charge >= 0.3 is 0 Å². The van der Waals surface area contributed by atoms with Crippen molar-refractivity contribution in [1.82, 2.24) is 4.90 Å². The van der Waals surface area contributed by atoms with Gasteiger partial charge in [-0.25, -0.2) is 9.38 Å². The summed E-state index contributed by atoms with van der Waals surface area (Å²) < 4.78 is 14.9. The van der Waals surface area contributed by atoms with Crippen LogP contribution in [0.5, 0.6) is 0 Å². The lowest BCUT2D eigenvalue weighted by Gasteiger charge is -2.36. The summed E-state index contributed by atoms with van der Waals surface area (Å²) in [6, 6.07) is 9.50. The molecule has 0 bridgehead atoms. The second kappa shape index (κ2) is 6.43. The van der Waals surface area contributed by atoms with Gasteiger partial charge in [0.15, 0.2) is 0 Å². The molecule has 1 aliphatic carbocycles. The number of hydrogen-bond acceptors (Lipinski definition) is 3. The first kappa shape index (κ1) is 16.9. The van der Waals surface area contributed by atoms with Crippen LogP contribution in [0.15, 0.2) is 35.3 Å². The summed E-state index contributed by atoms with van der Waals surface area (Å²) in [5.41, 5.74) is 3.17. The highest BCUT2D eigenvalue weighted by molar-refractivity contribution is 6.35. The van der Waals surface area contributed by atoms with Crippen LogP contribution in [-0.4, -0.2) is 49.2 Å². The number of anilines is 1. The first-order valence-electron chi connectivity index (χ1n) is 9.31. The van der Waals surface area contributed by atoms with Crippen LogP contribution in [0.25, 0.3) is 11.1 Å². The van der Waals surface area contributed by atoms with Crippen LogP contribution in [0.1, 0.15) is 28.8 Å². The molecule has 1 amide bonds. The molecule has 2 heterocycles. The van der Waals surface area contributed by atoms with E-state index in [4.69, 9.17) is 11.6 Å². The van der Waals surface area contributed by atoms with Gasteiger partial charge in [0.25, 0.3) is 5.91 Å². The van der Waals surface area contributed by atoms with Crippen molar-refractivity contribution in [2.24, 2.45) is 4.99 Å². The van der Waals surface area contributed by atoms with Gasteiger partial charge in [0.1, 0.15) is 5.82 Å². The van der Waals surface area contributed by atoms with E-state index in [1.165, 1.54) is 25.1 Å². The average molecular weight is 384 g/mol. The predicted octanol–water partition coefficient (Wildman–Crippen LogP) is 4.00. The fraction of sp³-hybridized carbons (Fsp3) is 0.333. The Kier molecular flexibility index (Phi) is 4.02. The zero-order valence-corrected chi connectivity index (χ0v) is 15.5. The third-order valence-corrected chi connectivity index (χ3v) is 5.98. The fourth-order valence-electron chi connectivity index (χ4n) is 4.00. The fourth-order valence-corrected chi connectivity index (χ4v) is 4.26. The van der Waals surface area contributed by atoms with E-state index in [9.17, 15) is 9.18 Å². The number of benzene rings is 2. The maximum atomic E-state index is 14.9. The summed E-state index contributed by atoms with van der Waals surface area (Å²) >= 11 is 6.28. The number of halogens is 2. The van der Waals surface area contributed by atoms with Gasteiger partial charge in [-0.05, 0) is 48.2 Å². The molecular formula is C21H19ClFN3O. The maximum Gasteiger partial charge on any atom is 0.277 e. The number of fused-ring (bicyclic) bond motifs is 1. The lowest BCUT2D eigenvalue weighted by atomic mass is 9.99. The van der Waals surface area contributed by atoms with Gasteiger partial charge in [-0.3, -0.25) is 9.69 Å². The Morgan fingerprint density at radius 3 is 2.52 bits per heavy atom. The minimum atomic E-state index is -0.306. The number of carbonyl (C=O) groups excluding carboxylic acids is 1. The van der Waals surface area contributed by atoms with E-state index in [2.05, 4.69) is 14.8 Å². The third kappa shape index (κ3) is 3.05. The SMILES string of the molecule is O=C1N=Cc2c(Cl)cc(-c3ccc(N4CCN(C5CC5)CC4)c(F)c3)cc21. The minimum Gasteiger partial charge on any atom is -0.367 e. The molecule has 0 aromatic heterocycles. The highest BCUT2D eigenvalue weighted by atomic mass is 35.5. The second-order valence-corrected chi connectivity index (χ2v) is 7.81. The normalized spacial score (nSPS) is 19.6. The number of aliphatic imine (C=N–C) groups is 1. The van der Waals surface area contributed by atoms with Crippen LogP contribution in [-0.2, 0) is 0 Å². The molecule has 2 aliphatic heterocycles. The molecule has 0 atom stereocenters. The number of rotatable bonds is 3. The Morgan fingerprint density at radius 1 is 1.04 bits per heavy atom. The molecule has 0 unspecified atom stereocenters. The molecule has 1 saturated carbocycles. The average Bonchev–Trinajstić information content (AvgIpc) is 3.45. The van der Waals surface area contributed by atoms with Gasteiger partial charge in [-0.2, -0.15) is 0 Å². The van der Waals surface area contributed by atoms with Crippen LogP contribution in [0.3, 0.4) is 0 Å². The zero-order chi connectivity index (χ0) is 18.5. The van der Waals surface area contributed by atoms with E-state index in [1.54, 1.807) is 12.1 Å². The topological polar surface area (TPSA) is 35.9 Å². The monoisotopic (exact) mass is 383 g/mol. The van der Waals surface area contributed by atoms with E-state index in [0.717, 1.165) is 37.8 Å². The number of nitrogens with zero attached hydrogens (tertiary/aromatic N) is 3. The minimum absolute atomic E-state index is 0.244. The van der Waals surface area contributed by atoms with Crippen molar-refractivity contribution < 1.29 is 9.18 Å². The van der Waals surface area contributed by atoms with Crippen LogP contribution in [0.4, 0.5) is 10.1 Å². The predicted molar refractivity (Wildman–Crippen MR) is 106 cm³/mol. The van der Waals surface area contributed by atoms with Crippen LogP contribution in [0.2, 0.25) is 5.02 Å². The number of piperazine rings is 1. The Morgan fingerprint density at radius 2 is 1.81 bits per heavy atom. The van der Waals surface area contributed by atoms with Crippen LogP contribution >= 0.6 is 11.6 Å². The lowest BCUT2D eigenvalue weighted by molar-refractivity contribution is 0.101. The molecule has 2 aromatic carbocycles. The molecule has 0 spiro atoms. The largest absolute Gasteiger partial charge is 0.367 e. The van der Waals surface area contributed by atoms with Gasteiger partial charge in [-0.1, -0.05) is 17.7 Å². The molecular weight excluding hydrogens is 365 g/mol. The van der Waals surface area contributed by atoms with Crippen molar-refractivity contribution in [2.45, 2.75) is 18.9 Å². The zero-order valence-electron chi connectivity index (χ0n) is 14.8. The van der Waals surface area contributed by atoms with Crippen molar-refractivity contribution in [2.75, 3.05) is 31.1 Å². The van der Waals surface area contributed by atoms with Gasteiger partial charge in [0.2, 0.25) is 0 Å². The Bertz CT molecular complexity index is 962. The highest BCUT2D eigenvalue weighted by Gasteiger charge is 2.31. The molecule has 4 nitrogen and oxygen atoms in total. The molecule has 1 saturated heterocycles. The Hall–Kier alpha value is -2.24. The van der Waals surface area contributed by atoms with Crippen molar-refractivity contribution in [3.05, 3.63) is 52.3 Å². The highest BCUT2D eigenvalue weighted by Crippen LogP contribution is 2.33. The number of hydrogen-bond donors (Lipinski definition) is 0. The molecule has 0 N–H and O–H groups in total. The molecule has 6 heteroatoms. The first-order chi connectivity index (χ1) is 13.1. The van der Waals surface area contributed by atoms with E-state index in [1.807, 2.05) is 12.1 Å². The van der Waals surface area contributed by atoms with Gasteiger partial charge in [-0.15, -0.1) is 0 Å². The van der Waals surface area contributed by atoms with Gasteiger partial charge in [0, 0.05) is 44.0 Å².